The van der Waals surface area contributed by atoms with Crippen LogP contribution >= 0.6 is 0 Å². The Morgan fingerprint density at radius 1 is 1.37 bits per heavy atom. The highest BCUT2D eigenvalue weighted by molar-refractivity contribution is 5.88. The largest absolute Gasteiger partial charge is 0.478 e. The molecule has 0 amide bonds. The fourth-order valence-electron chi connectivity index (χ4n) is 2.10. The first-order valence-electron chi connectivity index (χ1n) is 5.77. The van der Waals surface area contributed by atoms with Gasteiger partial charge in [-0.15, -0.1) is 0 Å². The number of nitrogens with zero attached hydrogens (tertiary/aromatic N) is 4. The summed E-state index contributed by atoms with van der Waals surface area (Å²) in [6.07, 6.45) is 5.46. The number of aromatic nitrogens is 4. The average molecular weight is 256 g/mol. The maximum atomic E-state index is 10.9. The summed E-state index contributed by atoms with van der Waals surface area (Å²) in [7, 11) is 1.86. The first-order valence-corrected chi connectivity index (χ1v) is 5.77. The van der Waals surface area contributed by atoms with Gasteiger partial charge >= 0.3 is 5.97 Å². The molecule has 19 heavy (non-hydrogen) atoms. The van der Waals surface area contributed by atoms with Gasteiger partial charge in [0, 0.05) is 31.2 Å². The molecule has 0 radical (unpaired) electrons. The number of fused-ring (bicyclic) bond motifs is 1. The summed E-state index contributed by atoms with van der Waals surface area (Å²) in [4.78, 5) is 15.4. The van der Waals surface area contributed by atoms with Crippen molar-refractivity contribution in [1.29, 1.82) is 0 Å². The van der Waals surface area contributed by atoms with Crippen LogP contribution in [0.3, 0.4) is 0 Å². The number of pyridine rings is 1. The van der Waals surface area contributed by atoms with Gasteiger partial charge in [0.1, 0.15) is 5.65 Å². The fourth-order valence-corrected chi connectivity index (χ4v) is 2.10. The number of imidazole rings is 1. The molecule has 3 aromatic heterocycles. The second-order valence-electron chi connectivity index (χ2n) is 4.41. The lowest BCUT2D eigenvalue weighted by Crippen LogP contribution is -1.96. The molecule has 6 nitrogen and oxygen atoms in total. The third-order valence-corrected chi connectivity index (χ3v) is 3.00. The molecule has 0 spiro atoms. The van der Waals surface area contributed by atoms with Crippen LogP contribution in [-0.4, -0.2) is 30.2 Å². The van der Waals surface area contributed by atoms with Crippen molar-refractivity contribution in [2.45, 2.75) is 6.92 Å². The minimum Gasteiger partial charge on any atom is -0.478 e. The van der Waals surface area contributed by atoms with Gasteiger partial charge in [0.25, 0.3) is 0 Å². The molecule has 0 aliphatic heterocycles. The van der Waals surface area contributed by atoms with E-state index in [0.717, 1.165) is 17.0 Å². The maximum Gasteiger partial charge on any atom is 0.335 e. The summed E-state index contributed by atoms with van der Waals surface area (Å²) in [5.74, 6) is -0.954. The number of aryl methyl sites for hydroxylation is 2. The van der Waals surface area contributed by atoms with E-state index in [1.807, 2.05) is 26.4 Å². The lowest BCUT2D eigenvalue weighted by atomic mass is 10.2. The summed E-state index contributed by atoms with van der Waals surface area (Å²) in [6, 6.07) is 3.11. The van der Waals surface area contributed by atoms with Gasteiger partial charge in [-0.2, -0.15) is 5.10 Å². The van der Waals surface area contributed by atoms with E-state index in [-0.39, 0.29) is 5.56 Å². The molecule has 0 atom stereocenters. The Kier molecular flexibility index (Phi) is 2.38. The highest BCUT2D eigenvalue weighted by Gasteiger charge is 2.11. The predicted octanol–water partition coefficient (Wildman–Crippen LogP) is 1.74. The molecule has 3 rings (SSSR count). The third-order valence-electron chi connectivity index (χ3n) is 3.00. The van der Waals surface area contributed by atoms with Gasteiger partial charge < -0.3 is 9.51 Å². The van der Waals surface area contributed by atoms with Gasteiger partial charge in [-0.25, -0.2) is 9.78 Å². The van der Waals surface area contributed by atoms with Crippen molar-refractivity contribution < 1.29 is 9.90 Å². The maximum absolute atomic E-state index is 10.9. The quantitative estimate of drug-likeness (QED) is 0.758. The van der Waals surface area contributed by atoms with E-state index in [2.05, 4.69) is 10.1 Å². The molecule has 6 heteroatoms. The van der Waals surface area contributed by atoms with Gasteiger partial charge in [0.05, 0.1) is 17.0 Å². The molecule has 1 N–H and O–H groups in total. The topological polar surface area (TPSA) is 72.4 Å². The van der Waals surface area contributed by atoms with E-state index in [0.29, 0.717) is 5.65 Å². The van der Waals surface area contributed by atoms with Crippen molar-refractivity contribution in [3.8, 4) is 11.3 Å². The van der Waals surface area contributed by atoms with Gasteiger partial charge in [-0.05, 0) is 19.1 Å². The van der Waals surface area contributed by atoms with Crippen LogP contribution < -0.4 is 0 Å². The monoisotopic (exact) mass is 256 g/mol. The first kappa shape index (κ1) is 11.5. The Bertz CT molecular complexity index is 785. The summed E-state index contributed by atoms with van der Waals surface area (Å²) in [5.41, 5.74) is 3.46. The highest BCUT2D eigenvalue weighted by Crippen LogP contribution is 2.22. The van der Waals surface area contributed by atoms with Crippen LogP contribution in [-0.2, 0) is 7.05 Å². The SMILES string of the molecule is Cc1nn(C)cc1-c1cn2ccc(C(=O)O)cc2n1. The van der Waals surface area contributed by atoms with Crippen LogP contribution in [0.1, 0.15) is 16.1 Å². The zero-order valence-electron chi connectivity index (χ0n) is 10.5. The van der Waals surface area contributed by atoms with Crippen molar-refractivity contribution in [2.75, 3.05) is 0 Å². The minimum atomic E-state index is -0.954. The zero-order chi connectivity index (χ0) is 13.6. The number of carbonyl (C=O) groups is 1. The predicted molar refractivity (Wildman–Crippen MR) is 69.1 cm³/mol. The molecule has 0 aromatic carbocycles. The summed E-state index contributed by atoms with van der Waals surface area (Å²) >= 11 is 0. The molecule has 0 aliphatic rings. The van der Waals surface area contributed by atoms with Crippen molar-refractivity contribution in [1.82, 2.24) is 19.2 Å². The molecule has 0 saturated heterocycles. The lowest BCUT2D eigenvalue weighted by Gasteiger charge is -1.94. The van der Waals surface area contributed by atoms with E-state index >= 15 is 0 Å². The van der Waals surface area contributed by atoms with Crippen molar-refractivity contribution >= 4 is 11.6 Å². The van der Waals surface area contributed by atoms with Crippen LogP contribution in [0.2, 0.25) is 0 Å². The Balaban J connectivity index is 2.16. The van der Waals surface area contributed by atoms with Gasteiger partial charge in [0.15, 0.2) is 0 Å². The lowest BCUT2D eigenvalue weighted by molar-refractivity contribution is 0.0697. The van der Waals surface area contributed by atoms with E-state index in [9.17, 15) is 4.79 Å². The number of carboxylic acids is 1. The average Bonchev–Trinajstić information content (AvgIpc) is 2.90. The standard InChI is InChI=1S/C13H12N4O2/c1-8-10(6-16(2)15-8)11-7-17-4-3-9(13(18)19)5-12(17)14-11/h3-7H,1-2H3,(H,18,19). The third kappa shape index (κ3) is 1.87. The second-order valence-corrected chi connectivity index (χ2v) is 4.41. The number of carboxylic acid groups (broad SMARTS) is 1. The number of hydrogen-bond donors (Lipinski definition) is 1. The fraction of sp³-hybridized carbons (Fsp3) is 0.154. The molecular weight excluding hydrogens is 244 g/mol. The molecule has 0 fully saturated rings. The van der Waals surface area contributed by atoms with Crippen LogP contribution in [0, 0.1) is 6.92 Å². The number of rotatable bonds is 2. The highest BCUT2D eigenvalue weighted by atomic mass is 16.4. The first-order chi connectivity index (χ1) is 9.04. The number of aromatic carboxylic acids is 1. The Hall–Kier alpha value is -2.63. The summed E-state index contributed by atoms with van der Waals surface area (Å²) < 4.78 is 3.53. The zero-order valence-corrected chi connectivity index (χ0v) is 10.5. The summed E-state index contributed by atoms with van der Waals surface area (Å²) in [6.45, 7) is 1.92. The smallest absolute Gasteiger partial charge is 0.335 e. The van der Waals surface area contributed by atoms with Crippen LogP contribution in [0.25, 0.3) is 16.9 Å². The van der Waals surface area contributed by atoms with Gasteiger partial charge in [0.2, 0.25) is 0 Å². The van der Waals surface area contributed by atoms with E-state index in [4.69, 9.17) is 5.11 Å². The van der Waals surface area contributed by atoms with Crippen molar-refractivity contribution in [2.24, 2.45) is 7.05 Å². The van der Waals surface area contributed by atoms with Crippen molar-refractivity contribution in [3.63, 3.8) is 0 Å². The van der Waals surface area contributed by atoms with E-state index in [1.54, 1.807) is 27.4 Å². The molecule has 0 saturated carbocycles. The minimum absolute atomic E-state index is 0.229. The normalized spacial score (nSPS) is 11.1. The molecule has 3 heterocycles. The Morgan fingerprint density at radius 2 is 2.16 bits per heavy atom. The molecule has 96 valence electrons. The van der Waals surface area contributed by atoms with Crippen LogP contribution in [0.5, 0.6) is 0 Å². The molecule has 3 aromatic rings. The van der Waals surface area contributed by atoms with Crippen LogP contribution in [0.15, 0.2) is 30.7 Å². The molecule has 0 aliphatic carbocycles. The summed E-state index contributed by atoms with van der Waals surface area (Å²) in [5, 5.41) is 13.2. The van der Waals surface area contributed by atoms with Crippen LogP contribution in [0.4, 0.5) is 0 Å². The van der Waals surface area contributed by atoms with Gasteiger partial charge in [-0.3, -0.25) is 4.68 Å². The second kappa shape index (κ2) is 3.94. The van der Waals surface area contributed by atoms with Crippen molar-refractivity contribution in [3.05, 3.63) is 42.0 Å². The number of hydrogen-bond acceptors (Lipinski definition) is 3. The molecule has 0 unspecified atom stereocenters. The van der Waals surface area contributed by atoms with E-state index in [1.165, 1.54) is 0 Å². The van der Waals surface area contributed by atoms with E-state index < -0.39 is 5.97 Å². The molecule has 0 bridgehead atoms. The Labute approximate surface area is 108 Å². The Morgan fingerprint density at radius 3 is 2.79 bits per heavy atom. The molecular formula is C13H12N4O2. The van der Waals surface area contributed by atoms with Gasteiger partial charge in [-0.1, -0.05) is 0 Å².